The maximum Gasteiger partial charge on any atom is 0.207 e. The number of imidazole rings is 1. The third kappa shape index (κ3) is 2.74. The standard InChI is InChI=1S/C16H21N6/c1-4-8-22(9-5-2)10-6-21(7-11-22)16-19-14(12-17)15(13-18)20(16)3/h4-5H,1-2,6-11H2,3H3/q+1. The molecule has 1 fully saturated rings. The van der Waals surface area contributed by atoms with Crippen LogP contribution >= 0.6 is 0 Å². The molecule has 1 saturated heterocycles. The van der Waals surface area contributed by atoms with Gasteiger partial charge in [-0.25, -0.2) is 4.98 Å². The minimum atomic E-state index is 0.198. The molecule has 1 aliphatic rings. The van der Waals surface area contributed by atoms with Gasteiger partial charge in [0.2, 0.25) is 5.95 Å². The highest BCUT2D eigenvalue weighted by Crippen LogP contribution is 2.21. The highest BCUT2D eigenvalue weighted by atomic mass is 15.4. The first-order chi connectivity index (χ1) is 10.6. The van der Waals surface area contributed by atoms with Crippen LogP contribution < -0.4 is 4.90 Å². The van der Waals surface area contributed by atoms with Gasteiger partial charge in [-0.05, 0) is 12.2 Å². The molecule has 6 heteroatoms. The van der Waals surface area contributed by atoms with Crippen molar-refractivity contribution < 1.29 is 4.48 Å². The molecule has 22 heavy (non-hydrogen) atoms. The van der Waals surface area contributed by atoms with E-state index in [0.29, 0.717) is 11.6 Å². The van der Waals surface area contributed by atoms with Crippen LogP contribution in [0.25, 0.3) is 0 Å². The Kier molecular flexibility index (Phi) is 4.65. The second-order valence-electron chi connectivity index (χ2n) is 5.61. The molecule has 2 heterocycles. The van der Waals surface area contributed by atoms with E-state index in [1.165, 1.54) is 0 Å². The van der Waals surface area contributed by atoms with Crippen molar-refractivity contribution in [2.75, 3.05) is 44.2 Å². The van der Waals surface area contributed by atoms with E-state index in [4.69, 9.17) is 10.5 Å². The summed E-state index contributed by atoms with van der Waals surface area (Å²) in [7, 11) is 1.78. The summed E-state index contributed by atoms with van der Waals surface area (Å²) in [6, 6.07) is 4.04. The van der Waals surface area contributed by atoms with Crippen LogP contribution in [-0.2, 0) is 7.05 Å². The Morgan fingerprint density at radius 1 is 1.18 bits per heavy atom. The first-order valence-electron chi connectivity index (χ1n) is 7.29. The number of hydrogen-bond donors (Lipinski definition) is 0. The van der Waals surface area contributed by atoms with Crippen molar-refractivity contribution in [3.8, 4) is 12.1 Å². The molecule has 0 radical (unpaired) electrons. The molecule has 1 aliphatic heterocycles. The predicted molar refractivity (Wildman–Crippen MR) is 85.0 cm³/mol. The maximum atomic E-state index is 9.16. The molecule has 1 aromatic heterocycles. The Hall–Kier alpha value is -2.57. The molecule has 2 rings (SSSR count). The van der Waals surface area contributed by atoms with Crippen LogP contribution in [0.5, 0.6) is 0 Å². The quantitative estimate of drug-likeness (QED) is 0.604. The topological polar surface area (TPSA) is 68.6 Å². The molecular formula is C16H21N6+. The maximum absolute atomic E-state index is 9.16. The summed E-state index contributed by atoms with van der Waals surface area (Å²) < 4.78 is 2.66. The predicted octanol–water partition coefficient (Wildman–Crippen LogP) is 1.17. The Labute approximate surface area is 131 Å². The molecule has 0 amide bonds. The average Bonchev–Trinajstić information content (AvgIpc) is 2.84. The van der Waals surface area contributed by atoms with E-state index in [1.54, 1.807) is 11.6 Å². The van der Waals surface area contributed by atoms with Gasteiger partial charge in [0.25, 0.3) is 0 Å². The zero-order valence-electron chi connectivity index (χ0n) is 13.0. The molecule has 6 nitrogen and oxygen atoms in total. The van der Waals surface area contributed by atoms with Crippen LogP contribution in [0.3, 0.4) is 0 Å². The molecule has 1 aromatic rings. The molecule has 0 aromatic carbocycles. The van der Waals surface area contributed by atoms with Gasteiger partial charge < -0.3 is 14.0 Å². The Morgan fingerprint density at radius 3 is 2.18 bits per heavy atom. The molecule has 0 bridgehead atoms. The zero-order chi connectivity index (χ0) is 16.2. The summed E-state index contributed by atoms with van der Waals surface area (Å²) in [5.41, 5.74) is 0.518. The monoisotopic (exact) mass is 297 g/mol. The van der Waals surface area contributed by atoms with Gasteiger partial charge in [-0.3, -0.25) is 0 Å². The lowest BCUT2D eigenvalue weighted by atomic mass is 10.2. The number of aromatic nitrogens is 2. The number of nitriles is 2. The van der Waals surface area contributed by atoms with Gasteiger partial charge in [0.05, 0.1) is 39.3 Å². The Bertz CT molecular complexity index is 637. The van der Waals surface area contributed by atoms with E-state index in [2.05, 4.69) is 29.1 Å². The Balaban J connectivity index is 2.20. The van der Waals surface area contributed by atoms with E-state index in [0.717, 1.165) is 43.8 Å². The van der Waals surface area contributed by atoms with Crippen LogP contribution in [-0.4, -0.2) is 53.3 Å². The lowest BCUT2D eigenvalue weighted by Gasteiger charge is -2.44. The minimum Gasteiger partial charge on any atom is -0.331 e. The summed E-state index contributed by atoms with van der Waals surface area (Å²) in [5, 5.41) is 18.2. The van der Waals surface area contributed by atoms with Gasteiger partial charge >= 0.3 is 0 Å². The smallest absolute Gasteiger partial charge is 0.207 e. The van der Waals surface area contributed by atoms with E-state index in [-0.39, 0.29) is 5.69 Å². The van der Waals surface area contributed by atoms with Crippen molar-refractivity contribution >= 4 is 5.95 Å². The summed E-state index contributed by atoms with van der Waals surface area (Å²) >= 11 is 0. The molecule has 0 aliphatic carbocycles. The van der Waals surface area contributed by atoms with Crippen molar-refractivity contribution in [1.29, 1.82) is 10.5 Å². The fourth-order valence-electron chi connectivity index (χ4n) is 3.05. The molecule has 114 valence electrons. The second-order valence-corrected chi connectivity index (χ2v) is 5.61. The van der Waals surface area contributed by atoms with Crippen LogP contribution in [0.1, 0.15) is 11.4 Å². The third-order valence-corrected chi connectivity index (χ3v) is 4.29. The van der Waals surface area contributed by atoms with E-state index in [1.807, 2.05) is 18.2 Å². The van der Waals surface area contributed by atoms with Crippen molar-refractivity contribution in [3.63, 3.8) is 0 Å². The number of anilines is 1. The third-order valence-electron chi connectivity index (χ3n) is 4.29. The van der Waals surface area contributed by atoms with E-state index >= 15 is 0 Å². The lowest BCUT2D eigenvalue weighted by molar-refractivity contribution is -0.917. The molecule has 0 unspecified atom stereocenters. The van der Waals surface area contributed by atoms with E-state index < -0.39 is 0 Å². The van der Waals surface area contributed by atoms with Crippen molar-refractivity contribution in [2.24, 2.45) is 7.05 Å². The van der Waals surface area contributed by atoms with Gasteiger partial charge in [0, 0.05) is 7.05 Å². The number of hydrogen-bond acceptors (Lipinski definition) is 4. The zero-order valence-corrected chi connectivity index (χ0v) is 13.0. The average molecular weight is 297 g/mol. The molecule has 0 spiro atoms. The first kappa shape index (κ1) is 15.8. The summed E-state index contributed by atoms with van der Waals surface area (Å²) in [4.78, 5) is 6.46. The van der Waals surface area contributed by atoms with Crippen LogP contribution in [0.2, 0.25) is 0 Å². The molecule has 0 saturated carbocycles. The highest BCUT2D eigenvalue weighted by molar-refractivity contribution is 5.47. The largest absolute Gasteiger partial charge is 0.331 e. The van der Waals surface area contributed by atoms with Gasteiger partial charge in [-0.2, -0.15) is 10.5 Å². The van der Waals surface area contributed by atoms with Crippen LogP contribution in [0, 0.1) is 22.7 Å². The summed E-state index contributed by atoms with van der Waals surface area (Å²) in [6.07, 6.45) is 3.92. The number of nitrogens with zero attached hydrogens (tertiary/aromatic N) is 6. The number of rotatable bonds is 5. The van der Waals surface area contributed by atoms with Gasteiger partial charge in [-0.1, -0.05) is 13.2 Å². The SMILES string of the molecule is C=CC[N+]1(CC=C)CCN(c2nc(C#N)c(C#N)n2C)CC1. The van der Waals surface area contributed by atoms with E-state index in [9.17, 15) is 0 Å². The number of piperazine rings is 1. The van der Waals surface area contributed by atoms with Gasteiger partial charge in [0.15, 0.2) is 11.4 Å². The summed E-state index contributed by atoms with van der Waals surface area (Å²) in [5.74, 6) is 0.697. The second kappa shape index (κ2) is 6.46. The van der Waals surface area contributed by atoms with Gasteiger partial charge in [0.1, 0.15) is 12.1 Å². The fourth-order valence-corrected chi connectivity index (χ4v) is 3.05. The molecular weight excluding hydrogens is 276 g/mol. The Morgan fingerprint density at radius 2 is 1.77 bits per heavy atom. The van der Waals surface area contributed by atoms with Crippen LogP contribution in [0.15, 0.2) is 25.3 Å². The number of quaternary nitrogens is 1. The minimum absolute atomic E-state index is 0.198. The van der Waals surface area contributed by atoms with Crippen molar-refractivity contribution in [3.05, 3.63) is 36.7 Å². The molecule has 0 N–H and O–H groups in total. The molecule has 0 atom stereocenters. The van der Waals surface area contributed by atoms with Crippen molar-refractivity contribution in [1.82, 2.24) is 9.55 Å². The highest BCUT2D eigenvalue weighted by Gasteiger charge is 2.32. The summed E-state index contributed by atoms with van der Waals surface area (Å²) in [6.45, 7) is 13.2. The van der Waals surface area contributed by atoms with Gasteiger partial charge in [-0.15, -0.1) is 0 Å². The normalized spacial score (nSPS) is 16.6. The fraction of sp³-hybridized carbons (Fsp3) is 0.438. The lowest BCUT2D eigenvalue weighted by Crippen LogP contribution is -2.60. The van der Waals surface area contributed by atoms with Crippen molar-refractivity contribution in [2.45, 2.75) is 0 Å². The van der Waals surface area contributed by atoms with Crippen LogP contribution in [0.4, 0.5) is 5.95 Å². The first-order valence-corrected chi connectivity index (χ1v) is 7.29.